The summed E-state index contributed by atoms with van der Waals surface area (Å²) < 4.78 is 24.6. The number of benzene rings is 1. The van der Waals surface area contributed by atoms with Gasteiger partial charge < -0.3 is 20.0 Å². The second-order valence-corrected chi connectivity index (χ2v) is 5.74. The maximum Gasteiger partial charge on any atom is 0.385 e. The maximum atomic E-state index is 14.6. The number of ether oxygens (including phenoxy) is 2. The Bertz CT molecular complexity index is 908. The normalized spacial score (nSPS) is 11.3. The Kier molecular flexibility index (Phi) is 6.75. The van der Waals surface area contributed by atoms with E-state index < -0.39 is 11.8 Å². The first-order valence-corrected chi connectivity index (χ1v) is 8.29. The molecule has 0 saturated heterocycles. The zero-order chi connectivity index (χ0) is 20.1. The Hall–Kier alpha value is -2.65. The van der Waals surface area contributed by atoms with E-state index in [9.17, 15) is 9.18 Å². The van der Waals surface area contributed by atoms with Crippen molar-refractivity contribution in [1.29, 1.82) is 0 Å². The van der Waals surface area contributed by atoms with Gasteiger partial charge in [-0.15, -0.1) is 0 Å². The summed E-state index contributed by atoms with van der Waals surface area (Å²) in [6.45, 7) is 3.58. The molecular formula is C16H15Cl2FN4O4. The molecule has 8 nitrogen and oxygen atoms in total. The first-order valence-electron chi connectivity index (χ1n) is 7.54. The number of carbonyl (C=O) groups is 1. The van der Waals surface area contributed by atoms with Crippen LogP contribution < -0.4 is 10.5 Å². The van der Waals surface area contributed by atoms with Crippen LogP contribution >= 0.6 is 23.2 Å². The average molecular weight is 417 g/mol. The molecule has 0 amide bonds. The van der Waals surface area contributed by atoms with Crippen LogP contribution in [0.4, 0.5) is 10.2 Å². The van der Waals surface area contributed by atoms with Gasteiger partial charge in [-0.05, 0) is 24.2 Å². The van der Waals surface area contributed by atoms with Crippen molar-refractivity contribution in [2.75, 3.05) is 19.5 Å². The number of methoxy groups -OCH3 is 1. The van der Waals surface area contributed by atoms with Crippen molar-refractivity contribution < 1.29 is 23.5 Å². The Morgan fingerprint density at radius 1 is 1.33 bits per heavy atom. The highest BCUT2D eigenvalue weighted by molar-refractivity contribution is 6.35. The van der Waals surface area contributed by atoms with Gasteiger partial charge in [-0.1, -0.05) is 23.2 Å². The van der Waals surface area contributed by atoms with Crippen LogP contribution in [0.15, 0.2) is 17.3 Å². The van der Waals surface area contributed by atoms with Gasteiger partial charge in [0.2, 0.25) is 5.90 Å². The van der Waals surface area contributed by atoms with Gasteiger partial charge in [0.15, 0.2) is 23.1 Å². The Labute approximate surface area is 164 Å². The second kappa shape index (κ2) is 8.83. The molecule has 0 unspecified atom stereocenters. The molecule has 0 aliphatic rings. The molecule has 144 valence electrons. The first kappa shape index (κ1) is 20.7. The molecule has 0 aliphatic carbocycles. The quantitative estimate of drug-likeness (QED) is 0.342. The molecule has 0 atom stereocenters. The van der Waals surface area contributed by atoms with Gasteiger partial charge in [0.1, 0.15) is 10.8 Å². The molecule has 0 radical (unpaired) electrons. The molecule has 2 N–H and O–H groups in total. The predicted molar refractivity (Wildman–Crippen MR) is 98.6 cm³/mol. The van der Waals surface area contributed by atoms with Crippen molar-refractivity contribution in [2.45, 2.75) is 13.8 Å². The van der Waals surface area contributed by atoms with E-state index in [0.717, 1.165) is 0 Å². The number of nitrogens with zero attached hydrogens (tertiary/aromatic N) is 3. The van der Waals surface area contributed by atoms with E-state index in [1.54, 1.807) is 6.92 Å². The lowest BCUT2D eigenvalue weighted by molar-refractivity contribution is 0.0494. The van der Waals surface area contributed by atoms with Crippen LogP contribution in [0.1, 0.15) is 24.3 Å². The summed E-state index contributed by atoms with van der Waals surface area (Å²) in [7, 11) is 1.26. The molecular weight excluding hydrogens is 402 g/mol. The van der Waals surface area contributed by atoms with Crippen molar-refractivity contribution >= 4 is 40.9 Å². The lowest BCUT2D eigenvalue weighted by atomic mass is 10.1. The zero-order valence-corrected chi connectivity index (χ0v) is 16.1. The van der Waals surface area contributed by atoms with E-state index in [4.69, 9.17) is 43.2 Å². The number of rotatable bonds is 5. The lowest BCUT2D eigenvalue weighted by Crippen LogP contribution is -2.11. The molecule has 2 rings (SSSR count). The number of carbonyl (C=O) groups excluding carboxylic acids is 1. The largest absolute Gasteiger partial charge is 0.492 e. The highest BCUT2D eigenvalue weighted by atomic mass is 35.5. The standard InChI is InChI=1S/C16H15Cl2FN4O4/c1-4-26-7(2)23-27-16(24)12-10(18)14(20)22-15(21-12)8-5-6-9(17)13(25-3)11(8)19/h5-6H,4H2,1-3H3,(H2,20,21,22)/b23-7+. The summed E-state index contributed by atoms with van der Waals surface area (Å²) in [5.74, 6) is -2.37. The van der Waals surface area contributed by atoms with E-state index in [0.29, 0.717) is 6.61 Å². The summed E-state index contributed by atoms with van der Waals surface area (Å²) in [4.78, 5) is 24.8. The molecule has 1 heterocycles. The molecule has 0 saturated carbocycles. The number of nitrogen functional groups attached to an aromatic ring is 1. The Balaban J connectivity index is 2.48. The predicted octanol–water partition coefficient (Wildman–Crippen LogP) is 3.71. The van der Waals surface area contributed by atoms with E-state index in [1.165, 1.54) is 26.2 Å². The van der Waals surface area contributed by atoms with Crippen LogP contribution in [0.3, 0.4) is 0 Å². The SMILES string of the molecule is CCO/C(C)=N/OC(=O)c1nc(-c2ccc(Cl)c(OC)c2F)nc(N)c1Cl. The van der Waals surface area contributed by atoms with Crippen molar-refractivity contribution in [3.05, 3.63) is 33.7 Å². The molecule has 11 heteroatoms. The van der Waals surface area contributed by atoms with Crippen molar-refractivity contribution in [3.8, 4) is 17.1 Å². The monoisotopic (exact) mass is 416 g/mol. The van der Waals surface area contributed by atoms with Crippen LogP contribution in [-0.2, 0) is 9.57 Å². The summed E-state index contributed by atoms with van der Waals surface area (Å²) in [5, 5.41) is 3.29. The van der Waals surface area contributed by atoms with E-state index in [2.05, 4.69) is 15.1 Å². The molecule has 1 aromatic heterocycles. The van der Waals surface area contributed by atoms with Crippen LogP contribution in [0.25, 0.3) is 11.4 Å². The fourth-order valence-corrected chi connectivity index (χ4v) is 2.38. The number of halogens is 3. The fourth-order valence-electron chi connectivity index (χ4n) is 2.00. The van der Waals surface area contributed by atoms with Crippen molar-refractivity contribution in [2.24, 2.45) is 5.16 Å². The van der Waals surface area contributed by atoms with E-state index in [1.807, 2.05) is 0 Å². The smallest absolute Gasteiger partial charge is 0.385 e. The minimum atomic E-state index is -1.02. The van der Waals surface area contributed by atoms with Gasteiger partial charge in [0, 0.05) is 6.92 Å². The topological polar surface area (TPSA) is 109 Å². The third kappa shape index (κ3) is 4.55. The lowest BCUT2D eigenvalue weighted by Gasteiger charge is -2.10. The van der Waals surface area contributed by atoms with Gasteiger partial charge in [-0.2, -0.15) is 0 Å². The number of oxime groups is 1. The van der Waals surface area contributed by atoms with Crippen molar-refractivity contribution in [1.82, 2.24) is 9.97 Å². The Morgan fingerprint density at radius 3 is 2.67 bits per heavy atom. The fraction of sp³-hybridized carbons (Fsp3) is 0.250. The molecule has 1 aromatic carbocycles. The van der Waals surface area contributed by atoms with Gasteiger partial charge in [-0.25, -0.2) is 19.2 Å². The molecule has 27 heavy (non-hydrogen) atoms. The number of hydrogen-bond donors (Lipinski definition) is 1. The molecule has 0 aliphatic heterocycles. The van der Waals surface area contributed by atoms with Crippen LogP contribution in [0, 0.1) is 5.82 Å². The summed E-state index contributed by atoms with van der Waals surface area (Å²) in [6, 6.07) is 2.70. The minimum Gasteiger partial charge on any atom is -0.492 e. The maximum absolute atomic E-state index is 14.6. The number of hydrogen-bond acceptors (Lipinski definition) is 8. The van der Waals surface area contributed by atoms with E-state index in [-0.39, 0.29) is 44.6 Å². The van der Waals surface area contributed by atoms with Crippen molar-refractivity contribution in [3.63, 3.8) is 0 Å². The van der Waals surface area contributed by atoms with Crippen LogP contribution in [-0.4, -0.2) is 35.6 Å². The number of anilines is 1. The van der Waals surface area contributed by atoms with Gasteiger partial charge in [0.25, 0.3) is 0 Å². The van der Waals surface area contributed by atoms with Gasteiger partial charge in [0.05, 0.1) is 24.3 Å². The average Bonchev–Trinajstić information content (AvgIpc) is 2.62. The third-order valence-corrected chi connectivity index (χ3v) is 3.84. The van der Waals surface area contributed by atoms with Gasteiger partial charge in [-0.3, -0.25) is 0 Å². The highest BCUT2D eigenvalue weighted by Gasteiger charge is 2.23. The molecule has 0 bridgehead atoms. The number of nitrogens with two attached hydrogens (primary N) is 1. The summed E-state index contributed by atoms with van der Waals surface area (Å²) >= 11 is 11.8. The van der Waals surface area contributed by atoms with Gasteiger partial charge >= 0.3 is 5.97 Å². The van der Waals surface area contributed by atoms with E-state index >= 15 is 0 Å². The second-order valence-electron chi connectivity index (χ2n) is 4.96. The van der Waals surface area contributed by atoms with Crippen LogP contribution in [0.2, 0.25) is 10.0 Å². The number of aromatic nitrogens is 2. The summed E-state index contributed by atoms with van der Waals surface area (Å²) in [6.07, 6.45) is 0. The zero-order valence-electron chi connectivity index (χ0n) is 14.5. The molecule has 2 aromatic rings. The first-order chi connectivity index (χ1) is 12.8. The van der Waals surface area contributed by atoms with Crippen LogP contribution in [0.5, 0.6) is 5.75 Å². The third-order valence-electron chi connectivity index (χ3n) is 3.17. The minimum absolute atomic E-state index is 0.0565. The Morgan fingerprint density at radius 2 is 2.04 bits per heavy atom. The molecule has 0 fully saturated rings. The summed E-state index contributed by atoms with van der Waals surface area (Å²) in [5.41, 5.74) is 5.24. The highest BCUT2D eigenvalue weighted by Crippen LogP contribution is 2.35. The molecule has 0 spiro atoms.